The molecule has 2 aromatic heterocycles. The summed E-state index contributed by atoms with van der Waals surface area (Å²) in [6.45, 7) is 1.80. The number of fused-ring (bicyclic) bond motifs is 1. The van der Waals surface area contributed by atoms with Gasteiger partial charge < -0.3 is 15.1 Å². The van der Waals surface area contributed by atoms with Crippen LogP contribution >= 0.6 is 24.0 Å². The maximum absolute atomic E-state index is 12.9. The van der Waals surface area contributed by atoms with E-state index in [2.05, 4.69) is 15.6 Å². The third kappa shape index (κ3) is 3.70. The van der Waals surface area contributed by atoms with Crippen LogP contribution in [-0.4, -0.2) is 30.0 Å². The van der Waals surface area contributed by atoms with Gasteiger partial charge in [0.1, 0.15) is 5.69 Å². The van der Waals surface area contributed by atoms with Gasteiger partial charge in [-0.1, -0.05) is 23.7 Å². The second-order valence-electron chi connectivity index (χ2n) is 6.19. The third-order valence-electron chi connectivity index (χ3n) is 4.44. The van der Waals surface area contributed by atoms with Gasteiger partial charge in [-0.25, -0.2) is 4.98 Å². The molecule has 136 valence electrons. The number of halogens is 2. The van der Waals surface area contributed by atoms with Gasteiger partial charge in [0.15, 0.2) is 5.76 Å². The molecular formula is C19H19Cl2N3O2. The number of carbonyl (C=O) groups excluding carboxylic acids is 1. The van der Waals surface area contributed by atoms with Crippen LogP contribution in [0.15, 0.2) is 47.1 Å². The molecule has 0 bridgehead atoms. The highest BCUT2D eigenvalue weighted by atomic mass is 35.5. The molecule has 1 amide bonds. The molecular weight excluding hydrogens is 373 g/mol. The molecule has 1 aliphatic heterocycles. The minimum absolute atomic E-state index is 0. The lowest BCUT2D eigenvalue weighted by Crippen LogP contribution is -2.45. The van der Waals surface area contributed by atoms with Crippen LogP contribution in [0.4, 0.5) is 0 Å². The number of para-hydroxylation sites is 1. The summed E-state index contributed by atoms with van der Waals surface area (Å²) < 4.78 is 5.45. The van der Waals surface area contributed by atoms with E-state index in [0.29, 0.717) is 27.6 Å². The largest absolute Gasteiger partial charge is 0.463 e. The standard InChI is InChI=1S/C19H18ClN3O2.ClH/c20-15-6-1-5-13-14(19(24)22-12-4-2-8-21-11-12)10-16(23-18(13)15)17-7-3-9-25-17;/h1,3,5-7,9-10,12,21H,2,4,8,11H2,(H,22,24);1H/t12-;/m1./s1. The Balaban J connectivity index is 0.00000196. The first kappa shape index (κ1) is 18.7. The van der Waals surface area contributed by atoms with Gasteiger partial charge >= 0.3 is 0 Å². The van der Waals surface area contributed by atoms with E-state index in [4.69, 9.17) is 16.0 Å². The molecule has 0 saturated carbocycles. The molecule has 1 saturated heterocycles. The average molecular weight is 392 g/mol. The van der Waals surface area contributed by atoms with Gasteiger partial charge in [0.05, 0.1) is 22.4 Å². The summed E-state index contributed by atoms with van der Waals surface area (Å²) in [6, 6.07) is 11.0. The quantitative estimate of drug-likeness (QED) is 0.706. The topological polar surface area (TPSA) is 67.2 Å². The molecule has 0 aliphatic carbocycles. The Hall–Kier alpha value is -2.08. The summed E-state index contributed by atoms with van der Waals surface area (Å²) in [6.07, 6.45) is 3.63. The number of benzene rings is 1. The first-order valence-electron chi connectivity index (χ1n) is 8.37. The Morgan fingerprint density at radius 2 is 2.19 bits per heavy atom. The van der Waals surface area contributed by atoms with Gasteiger partial charge in [0.2, 0.25) is 0 Å². The summed E-state index contributed by atoms with van der Waals surface area (Å²) in [5, 5.41) is 7.68. The molecule has 4 rings (SSSR count). The van der Waals surface area contributed by atoms with Crippen LogP contribution in [0.25, 0.3) is 22.4 Å². The molecule has 7 heteroatoms. The van der Waals surface area contributed by atoms with Crippen molar-refractivity contribution in [2.45, 2.75) is 18.9 Å². The molecule has 1 aliphatic rings. The molecule has 1 atom stereocenters. The van der Waals surface area contributed by atoms with Crippen LogP contribution in [0.2, 0.25) is 5.02 Å². The number of nitrogens with one attached hydrogen (secondary N) is 2. The van der Waals surface area contributed by atoms with Gasteiger partial charge in [-0.2, -0.15) is 0 Å². The minimum Gasteiger partial charge on any atom is -0.463 e. The molecule has 2 N–H and O–H groups in total. The first-order chi connectivity index (χ1) is 12.2. The van der Waals surface area contributed by atoms with E-state index in [1.165, 1.54) is 0 Å². The lowest BCUT2D eigenvalue weighted by Gasteiger charge is -2.24. The smallest absolute Gasteiger partial charge is 0.252 e. The summed E-state index contributed by atoms with van der Waals surface area (Å²) >= 11 is 6.32. The molecule has 1 fully saturated rings. The summed E-state index contributed by atoms with van der Waals surface area (Å²) in [5.41, 5.74) is 1.76. The third-order valence-corrected chi connectivity index (χ3v) is 4.75. The van der Waals surface area contributed by atoms with Crippen molar-refractivity contribution in [3.05, 3.63) is 53.2 Å². The summed E-state index contributed by atoms with van der Waals surface area (Å²) in [7, 11) is 0. The number of rotatable bonds is 3. The Labute approximate surface area is 162 Å². The second-order valence-corrected chi connectivity index (χ2v) is 6.59. The van der Waals surface area contributed by atoms with E-state index in [1.54, 1.807) is 24.5 Å². The maximum Gasteiger partial charge on any atom is 0.252 e. The number of nitrogens with zero attached hydrogens (tertiary/aromatic N) is 1. The van der Waals surface area contributed by atoms with Gasteiger partial charge in [-0.05, 0) is 43.7 Å². The van der Waals surface area contributed by atoms with Crippen molar-refractivity contribution in [2.24, 2.45) is 0 Å². The molecule has 3 aromatic rings. The number of hydrogen-bond donors (Lipinski definition) is 2. The van der Waals surface area contributed by atoms with E-state index >= 15 is 0 Å². The number of amides is 1. The fourth-order valence-corrected chi connectivity index (χ4v) is 3.41. The number of aromatic nitrogens is 1. The van der Waals surface area contributed by atoms with Crippen molar-refractivity contribution in [1.82, 2.24) is 15.6 Å². The lowest BCUT2D eigenvalue weighted by atomic mass is 10.0. The van der Waals surface area contributed by atoms with Crippen LogP contribution in [0.3, 0.4) is 0 Å². The normalized spacial score (nSPS) is 16.9. The highest BCUT2D eigenvalue weighted by molar-refractivity contribution is 6.35. The van der Waals surface area contributed by atoms with Gasteiger partial charge in [0.25, 0.3) is 5.91 Å². The molecule has 1 aromatic carbocycles. The van der Waals surface area contributed by atoms with Crippen LogP contribution in [-0.2, 0) is 0 Å². The first-order valence-corrected chi connectivity index (χ1v) is 8.75. The van der Waals surface area contributed by atoms with Crippen LogP contribution < -0.4 is 10.6 Å². The number of carbonyl (C=O) groups is 1. The van der Waals surface area contributed by atoms with Crippen LogP contribution in [0.5, 0.6) is 0 Å². The van der Waals surface area contributed by atoms with Crippen LogP contribution in [0.1, 0.15) is 23.2 Å². The Bertz CT molecular complexity index is 907. The van der Waals surface area contributed by atoms with Crippen molar-refractivity contribution in [3.63, 3.8) is 0 Å². The van der Waals surface area contributed by atoms with E-state index < -0.39 is 0 Å². The highest BCUT2D eigenvalue weighted by Crippen LogP contribution is 2.29. The monoisotopic (exact) mass is 391 g/mol. The fraction of sp³-hybridized carbons (Fsp3) is 0.263. The Kier molecular flexibility index (Phi) is 5.81. The van der Waals surface area contributed by atoms with Crippen molar-refractivity contribution in [3.8, 4) is 11.5 Å². The minimum atomic E-state index is -0.115. The van der Waals surface area contributed by atoms with E-state index in [0.717, 1.165) is 31.3 Å². The Morgan fingerprint density at radius 3 is 2.92 bits per heavy atom. The molecule has 0 spiro atoms. The predicted octanol–water partition coefficient (Wildman–Crippen LogP) is 4.05. The van der Waals surface area contributed by atoms with Gasteiger partial charge in [-0.15, -0.1) is 12.4 Å². The van der Waals surface area contributed by atoms with E-state index in [9.17, 15) is 4.79 Å². The second kappa shape index (κ2) is 8.08. The molecule has 26 heavy (non-hydrogen) atoms. The van der Waals surface area contributed by atoms with Gasteiger partial charge in [0, 0.05) is 18.0 Å². The van der Waals surface area contributed by atoms with Crippen molar-refractivity contribution >= 4 is 40.8 Å². The van der Waals surface area contributed by atoms with Crippen molar-refractivity contribution in [1.29, 1.82) is 0 Å². The lowest BCUT2D eigenvalue weighted by molar-refractivity contribution is 0.0932. The predicted molar refractivity (Wildman–Crippen MR) is 105 cm³/mol. The molecule has 5 nitrogen and oxygen atoms in total. The van der Waals surface area contributed by atoms with Gasteiger partial charge in [-0.3, -0.25) is 4.79 Å². The van der Waals surface area contributed by atoms with E-state index in [1.807, 2.05) is 18.2 Å². The highest BCUT2D eigenvalue weighted by Gasteiger charge is 2.20. The zero-order valence-corrected chi connectivity index (χ0v) is 15.6. The number of piperidine rings is 1. The van der Waals surface area contributed by atoms with E-state index in [-0.39, 0.29) is 24.4 Å². The zero-order chi connectivity index (χ0) is 17.2. The molecule has 0 radical (unpaired) electrons. The Morgan fingerprint density at radius 1 is 1.31 bits per heavy atom. The van der Waals surface area contributed by atoms with Crippen molar-refractivity contribution < 1.29 is 9.21 Å². The summed E-state index contributed by atoms with van der Waals surface area (Å²) in [4.78, 5) is 17.5. The maximum atomic E-state index is 12.9. The zero-order valence-electron chi connectivity index (χ0n) is 14.0. The molecule has 3 heterocycles. The van der Waals surface area contributed by atoms with Crippen LogP contribution in [0, 0.1) is 0 Å². The SMILES string of the molecule is Cl.O=C(N[C@@H]1CCCNC1)c1cc(-c2ccco2)nc2c(Cl)cccc12. The number of pyridine rings is 1. The fourth-order valence-electron chi connectivity index (χ4n) is 3.19. The molecule has 0 unspecified atom stereocenters. The summed E-state index contributed by atoms with van der Waals surface area (Å²) in [5.74, 6) is 0.492. The number of furan rings is 1. The number of hydrogen-bond acceptors (Lipinski definition) is 4. The van der Waals surface area contributed by atoms with Crippen molar-refractivity contribution in [2.75, 3.05) is 13.1 Å². The average Bonchev–Trinajstić information content (AvgIpc) is 3.17.